The number of nitrogens with one attached hydrogen (secondary N) is 1. The SMILES string of the molecule is C.CC(C)O.COCCN(CCCCc1ccc2c(n1)CCCC2)CC[C@H](C)C(=O)OC.COCCN(CCCCc1ccc2c(n1)CCCC2)CC[C@H](Nc1cc(C)nc(C)n1)C(=O)OC.Cc1cc(Cl)nc(C)n1. The third kappa shape index (κ3) is 28.1. The summed E-state index contributed by atoms with van der Waals surface area (Å²) < 4.78 is 20.4. The Labute approximate surface area is 462 Å². The van der Waals surface area contributed by atoms with Crippen LogP contribution in [0.1, 0.15) is 149 Å². The van der Waals surface area contributed by atoms with Gasteiger partial charge in [-0.2, -0.15) is 0 Å². The normalized spacial score (nSPS) is 13.3. The van der Waals surface area contributed by atoms with Crippen LogP contribution in [0.3, 0.4) is 0 Å². The van der Waals surface area contributed by atoms with Crippen LogP contribution in [0.5, 0.6) is 0 Å². The lowest BCUT2D eigenvalue weighted by Gasteiger charge is -2.25. The third-order valence-corrected chi connectivity index (χ3v) is 13.1. The van der Waals surface area contributed by atoms with Crippen LogP contribution in [0.2, 0.25) is 5.15 Å². The smallest absolute Gasteiger partial charge is 0.328 e. The van der Waals surface area contributed by atoms with Crippen LogP contribution in [0, 0.1) is 33.6 Å². The molecule has 2 atom stereocenters. The second kappa shape index (κ2) is 38.8. The maximum absolute atomic E-state index is 12.5. The van der Waals surface area contributed by atoms with E-state index in [1.54, 1.807) is 34.1 Å². The number of carbonyl (C=O) groups excluding carboxylic acids is 2. The number of aryl methyl sites for hydroxylation is 10. The number of pyridine rings is 2. The first-order chi connectivity index (χ1) is 36.0. The minimum absolute atomic E-state index is 0. The highest BCUT2D eigenvalue weighted by atomic mass is 35.5. The Kier molecular flexibility index (Phi) is 34.4. The van der Waals surface area contributed by atoms with E-state index >= 15 is 0 Å². The van der Waals surface area contributed by atoms with Crippen LogP contribution in [0.25, 0.3) is 0 Å². The summed E-state index contributed by atoms with van der Waals surface area (Å²) in [7, 11) is 6.33. The molecule has 0 spiro atoms. The minimum Gasteiger partial charge on any atom is -0.469 e. The number of aromatic nitrogens is 6. The molecule has 0 radical (unpaired) electrons. The Hall–Kier alpha value is -4.71. The van der Waals surface area contributed by atoms with Gasteiger partial charge < -0.3 is 39.2 Å². The quantitative estimate of drug-likeness (QED) is 0.0343. The lowest BCUT2D eigenvalue weighted by Crippen LogP contribution is -2.37. The predicted molar refractivity (Wildman–Crippen MR) is 306 cm³/mol. The van der Waals surface area contributed by atoms with Crippen molar-refractivity contribution in [3.8, 4) is 0 Å². The van der Waals surface area contributed by atoms with Crippen molar-refractivity contribution in [1.29, 1.82) is 0 Å². The number of hydrogen-bond acceptors (Lipinski definition) is 16. The fourth-order valence-corrected chi connectivity index (χ4v) is 9.25. The van der Waals surface area contributed by atoms with Gasteiger partial charge in [0.15, 0.2) is 0 Å². The molecule has 4 aromatic heterocycles. The molecule has 17 heteroatoms. The van der Waals surface area contributed by atoms with E-state index in [0.29, 0.717) is 29.8 Å². The number of aliphatic hydroxyl groups excluding tert-OH is 1. The average Bonchev–Trinajstić information content (AvgIpc) is 3.38. The number of aliphatic hydroxyl groups is 1. The summed E-state index contributed by atoms with van der Waals surface area (Å²) in [5, 5.41) is 11.8. The number of halogens is 1. The maximum Gasteiger partial charge on any atom is 0.328 e. The van der Waals surface area contributed by atoms with Gasteiger partial charge in [0, 0.05) is 80.2 Å². The van der Waals surface area contributed by atoms with Gasteiger partial charge in [0.2, 0.25) is 0 Å². The molecular formula is C59H96ClN9O7. The van der Waals surface area contributed by atoms with Crippen molar-refractivity contribution in [3.05, 3.63) is 98.5 Å². The second-order valence-electron chi connectivity index (χ2n) is 20.0. The molecule has 0 amide bonds. The number of esters is 2. The Morgan fingerprint density at radius 1 is 0.605 bits per heavy atom. The summed E-state index contributed by atoms with van der Waals surface area (Å²) >= 11 is 5.60. The van der Waals surface area contributed by atoms with Gasteiger partial charge in [-0.25, -0.2) is 24.7 Å². The van der Waals surface area contributed by atoms with Crippen molar-refractivity contribution in [2.45, 2.75) is 171 Å². The number of methoxy groups -OCH3 is 4. The highest BCUT2D eigenvalue weighted by molar-refractivity contribution is 6.29. The molecule has 76 heavy (non-hydrogen) atoms. The lowest BCUT2D eigenvalue weighted by molar-refractivity contribution is -0.145. The lowest BCUT2D eigenvalue weighted by atomic mass is 9.95. The Morgan fingerprint density at radius 2 is 1.07 bits per heavy atom. The molecule has 2 N–H and O–H groups in total. The number of hydrogen-bond donors (Lipinski definition) is 2. The van der Waals surface area contributed by atoms with Gasteiger partial charge in [0.25, 0.3) is 0 Å². The van der Waals surface area contributed by atoms with Crippen molar-refractivity contribution in [1.82, 2.24) is 39.7 Å². The fraction of sp³-hybridized carbons (Fsp3) is 0.661. The Bertz CT molecular complexity index is 2180. The van der Waals surface area contributed by atoms with Gasteiger partial charge in [0.1, 0.15) is 28.7 Å². The standard InChI is InChI=1S/C27H41N5O3.C22H36N2O3.C6H7ClN2.C3H8O.CH4/c1-20-19-26(29-21(2)28-20)31-25(27(33)35-4)14-16-32(17-18-34-3)15-8-7-10-23-13-12-22-9-5-6-11-24(22)30-23;1-18(22(25)27-3)13-15-24(16-17-26-2)14-7-6-9-20-12-11-19-8-4-5-10-21(19)23-20;1-4-3-6(7)9-5(2)8-4;1-3(2)4;/h12-13,19,25H,5-11,14-18H2,1-4H3,(H,28,29,31);11-12,18H,4-10,13-17H2,1-3H3;3H,1-2H3;3-4H,1-2H3;1H4/t25-;18-;;;/m00.../s1. The monoisotopic (exact) mass is 1080 g/mol. The van der Waals surface area contributed by atoms with Gasteiger partial charge in [-0.1, -0.05) is 38.1 Å². The van der Waals surface area contributed by atoms with Crippen molar-refractivity contribution < 1.29 is 33.6 Å². The summed E-state index contributed by atoms with van der Waals surface area (Å²) in [6.45, 7) is 19.6. The third-order valence-electron chi connectivity index (χ3n) is 12.9. The molecule has 4 heterocycles. The van der Waals surface area contributed by atoms with Gasteiger partial charge in [-0.3, -0.25) is 14.8 Å². The molecule has 2 aliphatic rings. The number of nitrogens with zero attached hydrogens (tertiary/aromatic N) is 8. The van der Waals surface area contributed by atoms with Crippen LogP contribution in [-0.2, 0) is 67.1 Å². The summed E-state index contributed by atoms with van der Waals surface area (Å²) in [5.41, 5.74) is 9.74. The van der Waals surface area contributed by atoms with E-state index in [2.05, 4.69) is 59.3 Å². The average molecular weight is 1080 g/mol. The second-order valence-corrected chi connectivity index (χ2v) is 20.3. The minimum atomic E-state index is -0.474. The molecule has 6 rings (SSSR count). The molecule has 0 bridgehead atoms. The zero-order valence-corrected chi connectivity index (χ0v) is 48.3. The topological polar surface area (TPSA) is 187 Å². The largest absolute Gasteiger partial charge is 0.469 e. The van der Waals surface area contributed by atoms with Gasteiger partial charge in [0.05, 0.1) is 33.4 Å². The maximum atomic E-state index is 12.5. The number of ether oxygens (including phenoxy) is 4. The Morgan fingerprint density at radius 3 is 1.51 bits per heavy atom. The van der Waals surface area contributed by atoms with Crippen LogP contribution >= 0.6 is 11.6 Å². The van der Waals surface area contributed by atoms with Gasteiger partial charge >= 0.3 is 11.9 Å². The zero-order valence-electron chi connectivity index (χ0n) is 47.5. The molecular weight excluding hydrogens is 982 g/mol. The number of unbranched alkanes of at least 4 members (excludes halogenated alkanes) is 2. The van der Waals surface area contributed by atoms with E-state index < -0.39 is 6.04 Å². The summed E-state index contributed by atoms with van der Waals surface area (Å²) in [6.07, 6.45) is 17.5. The molecule has 0 aromatic carbocycles. The highest BCUT2D eigenvalue weighted by Gasteiger charge is 2.22. The van der Waals surface area contributed by atoms with Crippen LogP contribution in [-0.4, -0.2) is 150 Å². The van der Waals surface area contributed by atoms with Crippen molar-refractivity contribution in [2.24, 2.45) is 5.92 Å². The zero-order chi connectivity index (χ0) is 55.0. The fourth-order valence-electron chi connectivity index (χ4n) is 8.97. The first-order valence-corrected chi connectivity index (χ1v) is 27.7. The van der Waals surface area contributed by atoms with Gasteiger partial charge in [-0.15, -0.1) is 0 Å². The Balaban J connectivity index is 0.000000423. The molecule has 426 valence electrons. The van der Waals surface area contributed by atoms with E-state index in [9.17, 15) is 9.59 Å². The van der Waals surface area contributed by atoms with Crippen molar-refractivity contribution >= 4 is 29.4 Å². The summed E-state index contributed by atoms with van der Waals surface area (Å²) in [5.74, 6) is 1.57. The first kappa shape index (κ1) is 67.4. The summed E-state index contributed by atoms with van der Waals surface area (Å²) in [6, 6.07) is 12.1. The molecule has 16 nitrogen and oxygen atoms in total. The highest BCUT2D eigenvalue weighted by Crippen LogP contribution is 2.22. The van der Waals surface area contributed by atoms with E-state index in [0.717, 1.165) is 121 Å². The molecule has 2 aliphatic carbocycles. The van der Waals surface area contributed by atoms with Crippen molar-refractivity contribution in [3.63, 3.8) is 0 Å². The van der Waals surface area contributed by atoms with Crippen LogP contribution < -0.4 is 5.32 Å². The molecule has 0 fully saturated rings. The summed E-state index contributed by atoms with van der Waals surface area (Å²) in [4.78, 5) is 55.2. The first-order valence-electron chi connectivity index (χ1n) is 27.3. The molecule has 0 saturated heterocycles. The number of carbonyl (C=O) groups is 2. The van der Waals surface area contributed by atoms with Crippen LogP contribution in [0.4, 0.5) is 5.82 Å². The molecule has 0 aliphatic heterocycles. The molecule has 0 unspecified atom stereocenters. The van der Waals surface area contributed by atoms with Crippen LogP contribution in [0.15, 0.2) is 36.4 Å². The molecule has 0 saturated carbocycles. The predicted octanol–water partition coefficient (Wildman–Crippen LogP) is 9.88. The van der Waals surface area contributed by atoms with E-state index in [-0.39, 0.29) is 31.4 Å². The molecule has 4 aromatic rings. The van der Waals surface area contributed by atoms with E-state index in [1.165, 1.54) is 86.6 Å². The number of anilines is 1. The van der Waals surface area contributed by atoms with E-state index in [4.69, 9.17) is 45.6 Å². The number of fused-ring (bicyclic) bond motifs is 2. The van der Waals surface area contributed by atoms with Crippen molar-refractivity contribution in [2.75, 3.05) is 86.2 Å². The van der Waals surface area contributed by atoms with Gasteiger partial charge in [-0.05, 0) is 193 Å². The number of rotatable bonds is 26. The van der Waals surface area contributed by atoms with E-state index in [1.807, 2.05) is 40.7 Å².